The van der Waals surface area contributed by atoms with Crippen molar-refractivity contribution in [3.63, 3.8) is 0 Å². The Balaban J connectivity index is 3.90. The minimum Gasteiger partial charge on any atom is -0.364 e. The number of unbranched alkanes of at least 4 members (excludes halogenated alkanes) is 1. The molecule has 0 spiro atoms. The average Bonchev–Trinajstić information content (AvgIpc) is 1.87. The van der Waals surface area contributed by atoms with Gasteiger partial charge < -0.3 is 5.73 Å². The third kappa shape index (κ3) is 3.54. The van der Waals surface area contributed by atoms with E-state index in [4.69, 9.17) is 5.73 Å². The summed E-state index contributed by atoms with van der Waals surface area (Å²) in [4.78, 5) is 20.0. The number of hydrogen-bond acceptors (Lipinski definition) is 3. The van der Waals surface area contributed by atoms with E-state index in [9.17, 15) is 14.9 Å². The van der Waals surface area contributed by atoms with Crippen LogP contribution in [0.2, 0.25) is 0 Å². The summed E-state index contributed by atoms with van der Waals surface area (Å²) in [5.74, 6) is -0.844. The van der Waals surface area contributed by atoms with Gasteiger partial charge in [-0.25, -0.2) is 0 Å². The molecule has 2 N–H and O–H groups in total. The quantitative estimate of drug-likeness (QED) is 0.463. The molecule has 1 atom stereocenters. The summed E-state index contributed by atoms with van der Waals surface area (Å²) in [6.07, 6.45) is 1.74. The first-order valence-electron chi connectivity index (χ1n) is 3.52. The Morgan fingerprint density at radius 2 is 2.27 bits per heavy atom. The maximum Gasteiger partial charge on any atom is 0.292 e. The van der Waals surface area contributed by atoms with E-state index in [-0.39, 0.29) is 6.42 Å². The van der Waals surface area contributed by atoms with Gasteiger partial charge in [0.25, 0.3) is 11.9 Å². The molecular weight excluding hydrogens is 148 g/mol. The maximum absolute atomic E-state index is 10.4. The fourth-order valence-corrected chi connectivity index (χ4v) is 0.749. The molecule has 0 saturated carbocycles. The van der Waals surface area contributed by atoms with Crippen LogP contribution in [0.5, 0.6) is 0 Å². The lowest BCUT2D eigenvalue weighted by atomic mass is 10.1. The first-order valence-corrected chi connectivity index (χ1v) is 3.52. The van der Waals surface area contributed by atoms with Crippen LogP contribution < -0.4 is 5.73 Å². The fraction of sp³-hybridized carbons (Fsp3) is 0.833. The van der Waals surface area contributed by atoms with Crippen LogP contribution in [-0.4, -0.2) is 16.9 Å². The predicted molar refractivity (Wildman–Crippen MR) is 39.5 cm³/mol. The highest BCUT2D eigenvalue weighted by atomic mass is 16.6. The Bertz CT molecular complexity index is 144. The summed E-state index contributed by atoms with van der Waals surface area (Å²) in [6.45, 7) is 1.90. The summed E-state index contributed by atoms with van der Waals surface area (Å²) in [7, 11) is 0. The summed E-state index contributed by atoms with van der Waals surface area (Å²) < 4.78 is 0. The Kier molecular flexibility index (Phi) is 4.17. The first-order chi connectivity index (χ1) is 5.09. The second-order valence-corrected chi connectivity index (χ2v) is 2.35. The van der Waals surface area contributed by atoms with Gasteiger partial charge in [0.05, 0.1) is 0 Å². The predicted octanol–water partition coefficient (Wildman–Crippen LogP) is 0.307. The highest BCUT2D eigenvalue weighted by Gasteiger charge is 2.25. The highest BCUT2D eigenvalue weighted by Crippen LogP contribution is 2.02. The fourth-order valence-electron chi connectivity index (χ4n) is 0.749. The van der Waals surface area contributed by atoms with Gasteiger partial charge in [-0.15, -0.1) is 0 Å². The van der Waals surface area contributed by atoms with Crippen LogP contribution in [0.4, 0.5) is 0 Å². The second kappa shape index (κ2) is 4.65. The molecule has 0 aliphatic carbocycles. The summed E-state index contributed by atoms with van der Waals surface area (Å²) >= 11 is 0. The summed E-state index contributed by atoms with van der Waals surface area (Å²) in [5.41, 5.74) is 4.80. The minimum atomic E-state index is -1.20. The molecule has 0 radical (unpaired) electrons. The number of carbonyl (C=O) groups excluding carboxylic acids is 1. The highest BCUT2D eigenvalue weighted by molar-refractivity contribution is 5.78. The van der Waals surface area contributed by atoms with Gasteiger partial charge in [0, 0.05) is 11.3 Å². The largest absolute Gasteiger partial charge is 0.364 e. The molecule has 5 heteroatoms. The average molecular weight is 160 g/mol. The summed E-state index contributed by atoms with van der Waals surface area (Å²) in [5, 5.41) is 10.2. The van der Waals surface area contributed by atoms with E-state index in [0.29, 0.717) is 6.42 Å². The molecule has 0 rings (SSSR count). The van der Waals surface area contributed by atoms with Gasteiger partial charge in [-0.2, -0.15) is 0 Å². The molecule has 0 aromatic heterocycles. The molecule has 0 aromatic rings. The molecule has 5 nitrogen and oxygen atoms in total. The molecule has 11 heavy (non-hydrogen) atoms. The standard InChI is InChI=1S/C6H12N2O3/c1-2-3-4-5(6(7)9)8(10)11/h5H,2-4H2,1H3,(H2,7,9). The van der Waals surface area contributed by atoms with Gasteiger partial charge in [0.15, 0.2) is 0 Å². The number of carbonyl (C=O) groups is 1. The SMILES string of the molecule is CCCCC(C(N)=O)[N+](=O)[O-]. The first kappa shape index (κ1) is 9.87. The Labute approximate surface area is 64.7 Å². The topological polar surface area (TPSA) is 86.2 Å². The van der Waals surface area contributed by atoms with Crippen molar-refractivity contribution in [3.8, 4) is 0 Å². The third-order valence-corrected chi connectivity index (χ3v) is 1.41. The Morgan fingerprint density at radius 3 is 2.55 bits per heavy atom. The molecule has 0 saturated heterocycles. The molecule has 0 fully saturated rings. The molecule has 0 aliphatic heterocycles. The van der Waals surface area contributed by atoms with Crippen LogP contribution in [0.15, 0.2) is 0 Å². The maximum atomic E-state index is 10.4. The van der Waals surface area contributed by atoms with Gasteiger partial charge in [0.1, 0.15) is 0 Å². The zero-order valence-corrected chi connectivity index (χ0v) is 6.45. The summed E-state index contributed by atoms with van der Waals surface area (Å²) in [6, 6.07) is -1.20. The van der Waals surface area contributed by atoms with Crippen molar-refractivity contribution in [1.29, 1.82) is 0 Å². The van der Waals surface area contributed by atoms with Crippen molar-refractivity contribution in [2.75, 3.05) is 0 Å². The number of rotatable bonds is 5. The van der Waals surface area contributed by atoms with E-state index in [0.717, 1.165) is 6.42 Å². The van der Waals surface area contributed by atoms with Crippen molar-refractivity contribution in [3.05, 3.63) is 10.1 Å². The van der Waals surface area contributed by atoms with Crippen molar-refractivity contribution in [1.82, 2.24) is 0 Å². The van der Waals surface area contributed by atoms with Crippen LogP contribution in [0.3, 0.4) is 0 Å². The molecule has 0 aliphatic rings. The van der Waals surface area contributed by atoms with Crippen LogP contribution in [0.1, 0.15) is 26.2 Å². The van der Waals surface area contributed by atoms with Crippen LogP contribution >= 0.6 is 0 Å². The van der Waals surface area contributed by atoms with E-state index < -0.39 is 16.9 Å². The van der Waals surface area contributed by atoms with Gasteiger partial charge in [-0.3, -0.25) is 14.9 Å². The van der Waals surface area contributed by atoms with Crippen molar-refractivity contribution >= 4 is 5.91 Å². The molecule has 1 amide bonds. The van der Waals surface area contributed by atoms with Crippen molar-refractivity contribution < 1.29 is 9.72 Å². The number of primary amides is 1. The number of nitrogens with two attached hydrogens (primary N) is 1. The number of nitrogens with zero attached hydrogens (tertiary/aromatic N) is 1. The number of hydrogen-bond donors (Lipinski definition) is 1. The van der Waals surface area contributed by atoms with E-state index >= 15 is 0 Å². The molecule has 0 aromatic carbocycles. The third-order valence-electron chi connectivity index (χ3n) is 1.41. The van der Waals surface area contributed by atoms with E-state index in [1.165, 1.54) is 0 Å². The lowest BCUT2D eigenvalue weighted by Crippen LogP contribution is -2.35. The van der Waals surface area contributed by atoms with Gasteiger partial charge >= 0.3 is 0 Å². The van der Waals surface area contributed by atoms with Gasteiger partial charge in [0.2, 0.25) is 0 Å². The van der Waals surface area contributed by atoms with Crippen LogP contribution in [0.25, 0.3) is 0 Å². The van der Waals surface area contributed by atoms with Gasteiger partial charge in [-0.1, -0.05) is 13.3 Å². The normalized spacial score (nSPS) is 12.5. The molecular formula is C6H12N2O3. The number of nitro groups is 1. The van der Waals surface area contributed by atoms with E-state index in [1.807, 2.05) is 6.92 Å². The van der Waals surface area contributed by atoms with E-state index in [1.54, 1.807) is 0 Å². The molecule has 64 valence electrons. The monoisotopic (exact) mass is 160 g/mol. The zero-order valence-electron chi connectivity index (χ0n) is 6.45. The lowest BCUT2D eigenvalue weighted by molar-refractivity contribution is -0.508. The number of amides is 1. The second-order valence-electron chi connectivity index (χ2n) is 2.35. The zero-order chi connectivity index (χ0) is 8.85. The van der Waals surface area contributed by atoms with Crippen LogP contribution in [-0.2, 0) is 4.79 Å². The van der Waals surface area contributed by atoms with E-state index in [2.05, 4.69) is 0 Å². The Hall–Kier alpha value is -1.13. The molecule has 0 heterocycles. The molecule has 1 unspecified atom stereocenters. The van der Waals surface area contributed by atoms with Crippen LogP contribution in [0, 0.1) is 10.1 Å². The Morgan fingerprint density at radius 1 is 1.73 bits per heavy atom. The van der Waals surface area contributed by atoms with Crippen molar-refractivity contribution in [2.45, 2.75) is 32.2 Å². The minimum absolute atomic E-state index is 0.249. The van der Waals surface area contributed by atoms with Gasteiger partial charge in [-0.05, 0) is 6.42 Å². The van der Waals surface area contributed by atoms with Crippen molar-refractivity contribution in [2.24, 2.45) is 5.73 Å². The molecule has 0 bridgehead atoms. The lowest BCUT2D eigenvalue weighted by Gasteiger charge is -2.02. The smallest absolute Gasteiger partial charge is 0.292 e.